The number of hydrogen-bond acceptors (Lipinski definition) is 0. The highest BCUT2D eigenvalue weighted by molar-refractivity contribution is 6.23. The van der Waals surface area contributed by atoms with E-state index < -0.39 is 0 Å². The van der Waals surface area contributed by atoms with Gasteiger partial charge in [0.1, 0.15) is 0 Å². The van der Waals surface area contributed by atoms with E-state index in [2.05, 4.69) is 194 Å². The average molecular weight is 723 g/mol. The van der Waals surface area contributed by atoms with Crippen LogP contribution in [0.15, 0.2) is 194 Å². The third kappa shape index (κ3) is 5.07. The lowest BCUT2D eigenvalue weighted by molar-refractivity contribution is 1.20. The second-order valence-corrected chi connectivity index (χ2v) is 15.9. The molecule has 0 saturated heterocycles. The molecule has 0 spiro atoms. The van der Waals surface area contributed by atoms with Gasteiger partial charge < -0.3 is 0 Å². The van der Waals surface area contributed by atoms with Crippen LogP contribution in [0.1, 0.15) is 33.4 Å². The summed E-state index contributed by atoms with van der Waals surface area (Å²) in [5.74, 6) is 0. The van der Waals surface area contributed by atoms with Crippen molar-refractivity contribution in [3.8, 4) is 22.3 Å². The Hall–Kier alpha value is -7.02. The van der Waals surface area contributed by atoms with E-state index in [1.54, 1.807) is 0 Å². The topological polar surface area (TPSA) is 0 Å². The molecule has 0 aromatic heterocycles. The van der Waals surface area contributed by atoms with Crippen molar-refractivity contribution >= 4 is 64.6 Å². The predicted molar refractivity (Wildman–Crippen MR) is 244 cm³/mol. The van der Waals surface area contributed by atoms with Gasteiger partial charge in [0, 0.05) is 0 Å². The molecular weight excluding hydrogens is 685 g/mol. The fourth-order valence-electron chi connectivity index (χ4n) is 10.3. The zero-order valence-corrected chi connectivity index (χ0v) is 31.6. The average Bonchev–Trinajstić information content (AvgIpc) is 3.27. The number of benzene rings is 11. The summed E-state index contributed by atoms with van der Waals surface area (Å²) < 4.78 is 0. The van der Waals surface area contributed by atoms with Crippen molar-refractivity contribution in [2.45, 2.75) is 19.3 Å². The molecule has 14 rings (SSSR count). The van der Waals surface area contributed by atoms with Gasteiger partial charge in [-0.05, 0) is 140 Å². The molecule has 0 heterocycles. The van der Waals surface area contributed by atoms with E-state index in [0.717, 1.165) is 19.3 Å². The summed E-state index contributed by atoms with van der Waals surface area (Å²) in [6.07, 6.45) is 3.15. The lowest BCUT2D eigenvalue weighted by atomic mass is 9.81. The summed E-state index contributed by atoms with van der Waals surface area (Å²) in [7, 11) is 0. The maximum Gasteiger partial charge on any atom is -0.000706 e. The third-order valence-electron chi connectivity index (χ3n) is 12.8. The molecule has 11 aromatic rings. The van der Waals surface area contributed by atoms with Gasteiger partial charge in [0.2, 0.25) is 0 Å². The van der Waals surface area contributed by atoms with Crippen molar-refractivity contribution in [2.75, 3.05) is 0 Å². The van der Waals surface area contributed by atoms with E-state index in [1.807, 2.05) is 0 Å². The molecule has 0 atom stereocenters. The highest BCUT2D eigenvalue weighted by Crippen LogP contribution is 2.43. The Morgan fingerprint density at radius 1 is 0.211 bits per heavy atom. The fourth-order valence-corrected chi connectivity index (χ4v) is 10.3. The normalized spacial score (nSPS) is 12.7. The molecule has 0 bridgehead atoms. The molecule has 57 heavy (non-hydrogen) atoms. The zero-order chi connectivity index (χ0) is 37.5. The smallest absolute Gasteiger partial charge is 0.000706 e. The van der Waals surface area contributed by atoms with Crippen molar-refractivity contribution in [2.24, 2.45) is 0 Å². The standard InChI is InChI=1S/C21H14.C19H12.C17H12/c1-2-9-17-14(5-1)11-12-18-19-10-4-7-15-6-3-8-16(21(15)19)13-20(17)18;1-3-12-7-9-14-10-8-13-4-2-6-16-11-15(5-1)17(12)19(14)18(13)16;1-2-9-15-13(5-1)11-14-8-3-6-12-7-4-10-16(15)17(12)14/h1-12H,13H2;1-10H,11H2;1-10H,11H2. The Morgan fingerprint density at radius 3 is 1.23 bits per heavy atom. The van der Waals surface area contributed by atoms with Gasteiger partial charge in [0.25, 0.3) is 0 Å². The highest BCUT2D eigenvalue weighted by Gasteiger charge is 2.20. The van der Waals surface area contributed by atoms with Gasteiger partial charge in [-0.15, -0.1) is 0 Å². The first-order chi connectivity index (χ1) is 28.3. The first-order valence-electron chi connectivity index (χ1n) is 20.2. The summed E-state index contributed by atoms with van der Waals surface area (Å²) in [5.41, 5.74) is 14.3. The highest BCUT2D eigenvalue weighted by atomic mass is 14.2. The molecule has 0 nitrogen and oxygen atoms in total. The molecule has 266 valence electrons. The Bertz CT molecular complexity index is 3350. The first-order valence-corrected chi connectivity index (χ1v) is 20.2. The van der Waals surface area contributed by atoms with Crippen molar-refractivity contribution < 1.29 is 0 Å². The van der Waals surface area contributed by atoms with Crippen molar-refractivity contribution in [1.29, 1.82) is 0 Å². The van der Waals surface area contributed by atoms with Gasteiger partial charge in [-0.1, -0.05) is 194 Å². The van der Waals surface area contributed by atoms with Gasteiger partial charge in [-0.25, -0.2) is 0 Å². The van der Waals surface area contributed by atoms with Crippen LogP contribution in [0, 0.1) is 0 Å². The van der Waals surface area contributed by atoms with Crippen LogP contribution < -0.4 is 0 Å². The monoisotopic (exact) mass is 722 g/mol. The molecule has 0 N–H and O–H groups in total. The molecule has 3 aliphatic carbocycles. The second kappa shape index (κ2) is 12.8. The lowest BCUT2D eigenvalue weighted by Gasteiger charge is -2.22. The fraction of sp³-hybridized carbons (Fsp3) is 0.0526. The summed E-state index contributed by atoms with van der Waals surface area (Å²) in [5, 5.41) is 16.8. The molecule has 3 aliphatic rings. The van der Waals surface area contributed by atoms with Gasteiger partial charge in [-0.2, -0.15) is 0 Å². The lowest BCUT2D eigenvalue weighted by Crippen LogP contribution is -2.01. The van der Waals surface area contributed by atoms with Crippen LogP contribution >= 0.6 is 0 Å². The summed E-state index contributed by atoms with van der Waals surface area (Å²) >= 11 is 0. The minimum atomic E-state index is 1.03. The molecule has 0 fully saturated rings. The van der Waals surface area contributed by atoms with Crippen LogP contribution in [0.3, 0.4) is 0 Å². The van der Waals surface area contributed by atoms with Crippen molar-refractivity contribution in [1.82, 2.24) is 0 Å². The Kier molecular flexibility index (Phi) is 7.22. The molecule has 0 aliphatic heterocycles. The van der Waals surface area contributed by atoms with Gasteiger partial charge in [0.05, 0.1) is 0 Å². The first kappa shape index (κ1) is 32.2. The maximum atomic E-state index is 2.29. The summed E-state index contributed by atoms with van der Waals surface area (Å²) in [4.78, 5) is 0. The molecule has 0 amide bonds. The molecule has 0 radical (unpaired) electrons. The third-order valence-corrected chi connectivity index (χ3v) is 12.8. The van der Waals surface area contributed by atoms with Crippen LogP contribution in [-0.2, 0) is 19.3 Å². The predicted octanol–water partition coefficient (Wildman–Crippen LogP) is 15.0. The molecule has 11 aromatic carbocycles. The van der Waals surface area contributed by atoms with Gasteiger partial charge in [0.15, 0.2) is 0 Å². The minimum Gasteiger partial charge on any atom is -0.0619 e. The Balaban J connectivity index is 0.0000000941. The van der Waals surface area contributed by atoms with E-state index in [0.29, 0.717) is 0 Å². The van der Waals surface area contributed by atoms with Crippen LogP contribution in [0.4, 0.5) is 0 Å². The maximum absolute atomic E-state index is 2.29. The van der Waals surface area contributed by atoms with E-state index >= 15 is 0 Å². The van der Waals surface area contributed by atoms with E-state index in [1.165, 1.54) is 120 Å². The molecule has 0 heteroatoms. The van der Waals surface area contributed by atoms with Gasteiger partial charge >= 0.3 is 0 Å². The van der Waals surface area contributed by atoms with E-state index in [4.69, 9.17) is 0 Å². The Morgan fingerprint density at radius 2 is 0.596 bits per heavy atom. The molecule has 0 unspecified atom stereocenters. The summed E-state index contributed by atoms with van der Waals surface area (Å²) in [6, 6.07) is 70.9. The van der Waals surface area contributed by atoms with Crippen molar-refractivity contribution in [3.63, 3.8) is 0 Å². The second-order valence-electron chi connectivity index (χ2n) is 15.9. The number of rotatable bonds is 0. The van der Waals surface area contributed by atoms with Crippen LogP contribution in [0.25, 0.3) is 86.9 Å². The van der Waals surface area contributed by atoms with Crippen LogP contribution in [0.2, 0.25) is 0 Å². The number of hydrogen-bond donors (Lipinski definition) is 0. The largest absolute Gasteiger partial charge is 0.0619 e. The van der Waals surface area contributed by atoms with E-state index in [9.17, 15) is 0 Å². The molecule has 0 saturated carbocycles. The minimum absolute atomic E-state index is 1.03. The van der Waals surface area contributed by atoms with Crippen molar-refractivity contribution in [3.05, 3.63) is 228 Å². The van der Waals surface area contributed by atoms with Crippen LogP contribution in [0.5, 0.6) is 0 Å². The van der Waals surface area contributed by atoms with Gasteiger partial charge in [-0.3, -0.25) is 0 Å². The van der Waals surface area contributed by atoms with Crippen LogP contribution in [-0.4, -0.2) is 0 Å². The number of fused-ring (bicyclic) bond motifs is 6. The SMILES string of the molecule is c1cc2c3c(c1)ccc1ccc4cccc(c4c13)C2.c1ccc2c(c1)Cc1cccc3cccc-2c13.c1ccc2c3c(ccc2c1)-c1cccc2cccc(c12)C3. The summed E-state index contributed by atoms with van der Waals surface area (Å²) in [6.45, 7) is 0. The Labute approximate surface area is 332 Å². The van der Waals surface area contributed by atoms with E-state index in [-0.39, 0.29) is 0 Å². The zero-order valence-electron chi connectivity index (χ0n) is 31.6. The molecular formula is C57H38. The quantitative estimate of drug-likeness (QED) is 0.137.